The van der Waals surface area contributed by atoms with E-state index in [0.29, 0.717) is 6.04 Å². The Hall–Kier alpha value is -0.540. The monoisotopic (exact) mass is 353 g/mol. The van der Waals surface area contributed by atoms with Crippen LogP contribution < -0.4 is 10.1 Å². The van der Waals surface area contributed by atoms with Crippen molar-refractivity contribution in [3.05, 3.63) is 28.7 Å². The number of benzene rings is 1. The topological polar surface area (TPSA) is 21.3 Å². The molecule has 2 rings (SSSR count). The van der Waals surface area contributed by atoms with E-state index in [9.17, 15) is 0 Å². The van der Waals surface area contributed by atoms with Gasteiger partial charge in [0.1, 0.15) is 5.75 Å². The van der Waals surface area contributed by atoms with Gasteiger partial charge >= 0.3 is 0 Å². The van der Waals surface area contributed by atoms with E-state index in [2.05, 4.69) is 35.1 Å². The van der Waals surface area contributed by atoms with Crippen LogP contribution in [0.3, 0.4) is 0 Å². The summed E-state index contributed by atoms with van der Waals surface area (Å²) >= 11 is 3.45. The molecule has 1 saturated carbocycles. The minimum atomic E-state index is 0.690. The van der Waals surface area contributed by atoms with Crippen LogP contribution in [0.4, 0.5) is 0 Å². The van der Waals surface area contributed by atoms with E-state index < -0.39 is 0 Å². The summed E-state index contributed by atoms with van der Waals surface area (Å²) in [6.45, 7) is 6.59. The fraction of sp³-hybridized carbons (Fsp3) is 0.667. The van der Waals surface area contributed by atoms with E-state index in [-0.39, 0.29) is 0 Å². The van der Waals surface area contributed by atoms with Crippen molar-refractivity contribution in [2.45, 2.75) is 52.0 Å². The molecule has 0 aliphatic heterocycles. The molecule has 21 heavy (non-hydrogen) atoms. The van der Waals surface area contributed by atoms with Crippen molar-refractivity contribution in [3.8, 4) is 5.75 Å². The molecule has 0 radical (unpaired) electrons. The fourth-order valence-corrected chi connectivity index (χ4v) is 3.54. The largest absolute Gasteiger partial charge is 0.494 e. The van der Waals surface area contributed by atoms with Crippen LogP contribution in [0, 0.1) is 11.8 Å². The van der Waals surface area contributed by atoms with E-state index >= 15 is 0 Å². The molecule has 1 aromatic carbocycles. The average molecular weight is 354 g/mol. The SMILES string of the molecule is CCCNC1CCC(C)CC1CCOc1ccc(Br)cc1. The van der Waals surface area contributed by atoms with Crippen LogP contribution in [0.25, 0.3) is 0 Å². The molecule has 1 fully saturated rings. The van der Waals surface area contributed by atoms with Crippen molar-refractivity contribution >= 4 is 15.9 Å². The Morgan fingerprint density at radius 3 is 2.71 bits per heavy atom. The third-order valence-corrected chi connectivity index (χ3v) is 5.00. The van der Waals surface area contributed by atoms with Crippen LogP contribution in [0.5, 0.6) is 5.75 Å². The summed E-state index contributed by atoms with van der Waals surface area (Å²) < 4.78 is 7.00. The van der Waals surface area contributed by atoms with Crippen LogP contribution in [-0.2, 0) is 0 Å². The number of nitrogens with one attached hydrogen (secondary N) is 1. The molecule has 0 saturated heterocycles. The zero-order valence-electron chi connectivity index (χ0n) is 13.3. The van der Waals surface area contributed by atoms with E-state index in [1.54, 1.807) is 0 Å². The van der Waals surface area contributed by atoms with Gasteiger partial charge in [-0.3, -0.25) is 0 Å². The summed E-state index contributed by atoms with van der Waals surface area (Å²) in [5.74, 6) is 2.60. The smallest absolute Gasteiger partial charge is 0.119 e. The fourth-order valence-electron chi connectivity index (χ4n) is 3.28. The Morgan fingerprint density at radius 2 is 2.00 bits per heavy atom. The van der Waals surface area contributed by atoms with Crippen LogP contribution in [-0.4, -0.2) is 19.2 Å². The number of halogens is 1. The predicted molar refractivity (Wildman–Crippen MR) is 92.8 cm³/mol. The molecule has 2 nitrogen and oxygen atoms in total. The highest BCUT2D eigenvalue weighted by Crippen LogP contribution is 2.31. The Bertz CT molecular complexity index is 404. The van der Waals surface area contributed by atoms with Crippen molar-refractivity contribution in [2.24, 2.45) is 11.8 Å². The second kappa shape index (κ2) is 8.79. The van der Waals surface area contributed by atoms with Crippen LogP contribution in [0.15, 0.2) is 28.7 Å². The lowest BCUT2D eigenvalue weighted by Crippen LogP contribution is -2.41. The van der Waals surface area contributed by atoms with Gasteiger partial charge < -0.3 is 10.1 Å². The number of ether oxygens (including phenoxy) is 1. The third-order valence-electron chi connectivity index (χ3n) is 4.47. The lowest BCUT2D eigenvalue weighted by atomic mass is 9.77. The molecule has 1 N–H and O–H groups in total. The Morgan fingerprint density at radius 1 is 1.24 bits per heavy atom. The highest BCUT2D eigenvalue weighted by molar-refractivity contribution is 9.10. The van der Waals surface area contributed by atoms with Gasteiger partial charge in [0, 0.05) is 10.5 Å². The first-order chi connectivity index (χ1) is 10.2. The molecule has 3 atom stereocenters. The summed E-state index contributed by atoms with van der Waals surface area (Å²) in [4.78, 5) is 0. The van der Waals surface area contributed by atoms with Crippen LogP contribution in [0.2, 0.25) is 0 Å². The van der Waals surface area contributed by atoms with Gasteiger partial charge in [-0.1, -0.05) is 29.8 Å². The zero-order chi connectivity index (χ0) is 15.1. The maximum Gasteiger partial charge on any atom is 0.119 e. The molecule has 1 aliphatic carbocycles. The number of hydrogen-bond donors (Lipinski definition) is 1. The predicted octanol–water partition coefficient (Wildman–Crippen LogP) is 5.02. The normalized spacial score (nSPS) is 25.8. The molecule has 0 bridgehead atoms. The first kappa shape index (κ1) is 16.8. The molecule has 0 spiro atoms. The van der Waals surface area contributed by atoms with Gasteiger partial charge in [0.15, 0.2) is 0 Å². The zero-order valence-corrected chi connectivity index (χ0v) is 14.9. The third kappa shape index (κ3) is 5.63. The molecule has 3 heteroatoms. The lowest BCUT2D eigenvalue weighted by molar-refractivity contribution is 0.173. The van der Waals surface area contributed by atoms with Gasteiger partial charge in [-0.15, -0.1) is 0 Å². The second-order valence-corrected chi connectivity index (χ2v) is 7.25. The van der Waals surface area contributed by atoms with Gasteiger partial charge in [0.05, 0.1) is 6.61 Å². The maximum atomic E-state index is 5.90. The highest BCUT2D eigenvalue weighted by atomic mass is 79.9. The van der Waals surface area contributed by atoms with Gasteiger partial charge in [0.25, 0.3) is 0 Å². The van der Waals surface area contributed by atoms with Gasteiger partial charge in [-0.2, -0.15) is 0 Å². The molecule has 0 aromatic heterocycles. The maximum absolute atomic E-state index is 5.90. The molecule has 0 heterocycles. The van der Waals surface area contributed by atoms with Gasteiger partial charge in [0.2, 0.25) is 0 Å². The van der Waals surface area contributed by atoms with Crippen molar-refractivity contribution in [3.63, 3.8) is 0 Å². The van der Waals surface area contributed by atoms with Crippen molar-refractivity contribution in [2.75, 3.05) is 13.2 Å². The lowest BCUT2D eigenvalue weighted by Gasteiger charge is -2.35. The Balaban J connectivity index is 1.79. The Labute approximate surface area is 137 Å². The minimum Gasteiger partial charge on any atom is -0.494 e. The minimum absolute atomic E-state index is 0.690. The van der Waals surface area contributed by atoms with Crippen molar-refractivity contribution in [1.29, 1.82) is 0 Å². The number of hydrogen-bond acceptors (Lipinski definition) is 2. The first-order valence-electron chi connectivity index (χ1n) is 8.30. The van der Waals surface area contributed by atoms with Crippen LogP contribution >= 0.6 is 15.9 Å². The standard InChI is InChI=1S/C18H28BrNO/c1-3-11-20-18-9-4-14(2)13-15(18)10-12-21-17-7-5-16(19)6-8-17/h5-8,14-15,18,20H,3-4,9-13H2,1-2H3. The van der Waals surface area contributed by atoms with Crippen LogP contribution in [0.1, 0.15) is 46.0 Å². The summed E-state index contributed by atoms with van der Waals surface area (Å²) in [7, 11) is 0. The molecule has 0 amide bonds. The summed E-state index contributed by atoms with van der Waals surface area (Å²) in [5, 5.41) is 3.74. The molecular weight excluding hydrogens is 326 g/mol. The van der Waals surface area contributed by atoms with Crippen molar-refractivity contribution in [1.82, 2.24) is 5.32 Å². The van der Waals surface area contributed by atoms with Gasteiger partial charge in [-0.25, -0.2) is 0 Å². The van der Waals surface area contributed by atoms with Crippen molar-refractivity contribution < 1.29 is 4.74 Å². The Kier molecular flexibility index (Phi) is 7.05. The second-order valence-electron chi connectivity index (χ2n) is 6.33. The van der Waals surface area contributed by atoms with E-state index in [0.717, 1.165) is 41.6 Å². The molecule has 3 unspecified atom stereocenters. The molecular formula is C18H28BrNO. The number of rotatable bonds is 7. The summed E-state index contributed by atoms with van der Waals surface area (Å²) in [6.07, 6.45) is 6.40. The summed E-state index contributed by atoms with van der Waals surface area (Å²) in [5.41, 5.74) is 0. The molecule has 118 valence electrons. The van der Waals surface area contributed by atoms with E-state index in [4.69, 9.17) is 4.74 Å². The first-order valence-corrected chi connectivity index (χ1v) is 9.10. The molecule has 1 aliphatic rings. The van der Waals surface area contributed by atoms with E-state index in [1.807, 2.05) is 24.3 Å². The molecule has 1 aromatic rings. The van der Waals surface area contributed by atoms with Gasteiger partial charge in [-0.05, 0) is 74.8 Å². The van der Waals surface area contributed by atoms with E-state index in [1.165, 1.54) is 25.7 Å². The highest BCUT2D eigenvalue weighted by Gasteiger charge is 2.27. The average Bonchev–Trinajstić information content (AvgIpc) is 2.48. The summed E-state index contributed by atoms with van der Waals surface area (Å²) in [6, 6.07) is 8.81. The quantitative estimate of drug-likeness (QED) is 0.742.